The minimum Gasteiger partial charge on any atom is -0.311 e. The van der Waals surface area contributed by atoms with Crippen LogP contribution >= 0.6 is 0 Å². The zero-order valence-corrected chi connectivity index (χ0v) is 38.2. The number of hydrogen-bond acceptors (Lipinski definition) is 2. The average Bonchev–Trinajstić information content (AvgIpc) is 3.34. The van der Waals surface area contributed by atoms with Crippen molar-refractivity contribution in [3.8, 4) is 44.5 Å². The highest BCUT2D eigenvalue weighted by Crippen LogP contribution is 2.50. The maximum atomic E-state index is 2.58. The minimum absolute atomic E-state index is 0.0353. The Morgan fingerprint density at radius 3 is 1.28 bits per heavy atom. The number of para-hydroxylation sites is 2. The van der Waals surface area contributed by atoms with Gasteiger partial charge in [0, 0.05) is 33.9 Å². The molecule has 3 heteroatoms. The maximum absolute atomic E-state index is 2.58. The topological polar surface area (TPSA) is 6.48 Å². The van der Waals surface area contributed by atoms with Gasteiger partial charge in [-0.25, -0.2) is 0 Å². The van der Waals surface area contributed by atoms with E-state index < -0.39 is 0 Å². The Bertz CT molecular complexity index is 3210. The van der Waals surface area contributed by atoms with Gasteiger partial charge >= 0.3 is 0 Å². The first kappa shape index (κ1) is 40.4. The number of nitrogens with zero attached hydrogens (tertiary/aromatic N) is 2. The van der Waals surface area contributed by atoms with Crippen LogP contribution in [-0.2, 0) is 10.8 Å². The van der Waals surface area contributed by atoms with Crippen LogP contribution in [0.25, 0.3) is 44.5 Å². The fraction of sp³-hybridized carbons (Fsp3) is 0.129. The first-order chi connectivity index (χ1) is 31.5. The molecule has 0 unspecified atom stereocenters. The van der Waals surface area contributed by atoms with Crippen molar-refractivity contribution in [2.75, 3.05) is 9.80 Å². The fourth-order valence-electron chi connectivity index (χ4n) is 10.4. The summed E-state index contributed by atoms with van der Waals surface area (Å²) in [4.78, 5) is 5.16. The molecule has 2 aliphatic rings. The van der Waals surface area contributed by atoms with Crippen LogP contribution in [0.15, 0.2) is 212 Å². The second-order valence-corrected chi connectivity index (χ2v) is 19.8. The van der Waals surface area contributed by atoms with Crippen LogP contribution in [0.3, 0.4) is 0 Å². The summed E-state index contributed by atoms with van der Waals surface area (Å²) in [5, 5.41) is 0. The van der Waals surface area contributed by atoms with E-state index in [1.54, 1.807) is 0 Å². The van der Waals surface area contributed by atoms with Gasteiger partial charge in [-0.1, -0.05) is 217 Å². The summed E-state index contributed by atoms with van der Waals surface area (Å²) in [7, 11) is 0. The van der Waals surface area contributed by atoms with E-state index in [1.165, 1.54) is 94.8 Å². The van der Waals surface area contributed by atoms with Crippen LogP contribution in [0.5, 0.6) is 0 Å². The predicted octanol–water partition coefficient (Wildman–Crippen LogP) is 15.0. The summed E-state index contributed by atoms with van der Waals surface area (Å²) in [5.74, 6) is 0. The van der Waals surface area contributed by atoms with Crippen molar-refractivity contribution in [1.29, 1.82) is 0 Å². The molecule has 0 fully saturated rings. The van der Waals surface area contributed by atoms with Gasteiger partial charge in [0.25, 0.3) is 6.71 Å². The van der Waals surface area contributed by atoms with Crippen molar-refractivity contribution in [3.63, 3.8) is 0 Å². The maximum Gasteiger partial charge on any atom is 0.252 e. The molecule has 65 heavy (non-hydrogen) atoms. The molecule has 0 saturated heterocycles. The second-order valence-electron chi connectivity index (χ2n) is 19.8. The molecular weight excluding hydrogens is 784 g/mol. The van der Waals surface area contributed by atoms with Crippen LogP contribution in [-0.4, -0.2) is 6.71 Å². The molecule has 0 spiro atoms. The number of anilines is 6. The lowest BCUT2D eigenvalue weighted by Crippen LogP contribution is -2.61. The van der Waals surface area contributed by atoms with Gasteiger partial charge in [-0.2, -0.15) is 0 Å². The van der Waals surface area contributed by atoms with Crippen molar-refractivity contribution < 1.29 is 0 Å². The van der Waals surface area contributed by atoms with E-state index >= 15 is 0 Å². The van der Waals surface area contributed by atoms with E-state index in [1.807, 2.05) is 0 Å². The van der Waals surface area contributed by atoms with Crippen molar-refractivity contribution in [1.82, 2.24) is 0 Å². The summed E-state index contributed by atoms with van der Waals surface area (Å²) >= 11 is 0. The van der Waals surface area contributed by atoms with E-state index in [0.717, 1.165) is 11.4 Å². The smallest absolute Gasteiger partial charge is 0.252 e. The Morgan fingerprint density at radius 2 is 0.754 bits per heavy atom. The number of fused-ring (bicyclic) bond motifs is 4. The molecule has 0 saturated carbocycles. The fourth-order valence-corrected chi connectivity index (χ4v) is 10.4. The van der Waals surface area contributed by atoms with Crippen molar-refractivity contribution in [3.05, 3.63) is 223 Å². The monoisotopic (exact) mass is 836 g/mol. The van der Waals surface area contributed by atoms with Gasteiger partial charge in [-0.3, -0.25) is 0 Å². The Hall–Kier alpha value is -7.36. The molecule has 2 aliphatic heterocycles. The van der Waals surface area contributed by atoms with Gasteiger partial charge in [0.2, 0.25) is 0 Å². The standard InChI is InChI=1S/C62H53BN2/c1-61(2,3)47-35-37-57-53(41-47)63-52-38-45(48-28-16-19-31-51(48)62(4,5)6)34-36-56(52)64(54-32-20-17-29-49(54)43-24-12-8-13-25-43)58-39-46(42-22-10-7-11-23-42)40-59(60(58)63)65(57)55-33-21-18-30-50(55)44-26-14-9-15-27-44/h7-41H,1-6H3. The second kappa shape index (κ2) is 15.7. The van der Waals surface area contributed by atoms with E-state index in [9.17, 15) is 0 Å². The summed E-state index contributed by atoms with van der Waals surface area (Å²) in [5.41, 5.74) is 23.3. The molecule has 2 heterocycles. The lowest BCUT2D eigenvalue weighted by molar-refractivity contribution is 0.591. The van der Waals surface area contributed by atoms with E-state index in [2.05, 4.69) is 264 Å². The third-order valence-corrected chi connectivity index (χ3v) is 13.5. The molecule has 0 radical (unpaired) electrons. The molecule has 0 aromatic heterocycles. The predicted molar refractivity (Wildman–Crippen MR) is 280 cm³/mol. The molecule has 2 nitrogen and oxygen atoms in total. The van der Waals surface area contributed by atoms with Crippen LogP contribution < -0.4 is 26.2 Å². The lowest BCUT2D eigenvalue weighted by atomic mass is 9.33. The van der Waals surface area contributed by atoms with Crippen molar-refractivity contribution >= 4 is 57.2 Å². The molecule has 0 atom stereocenters. The van der Waals surface area contributed by atoms with Gasteiger partial charge in [-0.05, 0) is 108 Å². The quantitative estimate of drug-likeness (QED) is 0.154. The molecule has 9 aromatic carbocycles. The Balaban J connectivity index is 1.29. The van der Waals surface area contributed by atoms with E-state index in [0.29, 0.717) is 0 Å². The SMILES string of the molecule is CC(C)(C)c1ccc2c(c1)B1c3cc(-c4ccccc4C(C)(C)C)ccc3N(c3ccccc3-c3ccccc3)c3cc(-c4ccccc4)cc(c31)N2c1ccccc1-c1ccccc1. The normalized spacial score (nSPS) is 13.0. The third-order valence-electron chi connectivity index (χ3n) is 13.5. The van der Waals surface area contributed by atoms with Gasteiger partial charge in [0.15, 0.2) is 0 Å². The van der Waals surface area contributed by atoms with Gasteiger partial charge in [-0.15, -0.1) is 0 Å². The molecule has 0 amide bonds. The minimum atomic E-state index is -0.0618. The summed E-state index contributed by atoms with van der Waals surface area (Å²) in [6, 6.07) is 79.2. The Kier molecular flexibility index (Phi) is 9.77. The lowest BCUT2D eigenvalue weighted by Gasteiger charge is -2.45. The highest BCUT2D eigenvalue weighted by Gasteiger charge is 2.45. The van der Waals surface area contributed by atoms with Crippen LogP contribution in [0, 0.1) is 0 Å². The molecular formula is C62H53BN2. The van der Waals surface area contributed by atoms with Crippen LogP contribution in [0.4, 0.5) is 34.1 Å². The zero-order valence-electron chi connectivity index (χ0n) is 38.2. The van der Waals surface area contributed by atoms with Crippen molar-refractivity contribution in [2.24, 2.45) is 0 Å². The molecule has 11 rings (SSSR count). The van der Waals surface area contributed by atoms with E-state index in [4.69, 9.17) is 0 Å². The molecule has 0 aliphatic carbocycles. The molecule has 0 N–H and O–H groups in total. The van der Waals surface area contributed by atoms with Crippen LogP contribution in [0.2, 0.25) is 0 Å². The largest absolute Gasteiger partial charge is 0.311 e. The summed E-state index contributed by atoms with van der Waals surface area (Å²) < 4.78 is 0. The first-order valence-electron chi connectivity index (χ1n) is 23.1. The highest BCUT2D eigenvalue weighted by molar-refractivity contribution is 7.00. The van der Waals surface area contributed by atoms with E-state index in [-0.39, 0.29) is 17.5 Å². The number of hydrogen-bond donors (Lipinski definition) is 0. The number of benzene rings is 9. The van der Waals surface area contributed by atoms with Crippen LogP contribution in [0.1, 0.15) is 52.7 Å². The number of rotatable bonds is 6. The zero-order chi connectivity index (χ0) is 44.5. The molecule has 314 valence electrons. The van der Waals surface area contributed by atoms with Gasteiger partial charge < -0.3 is 9.80 Å². The van der Waals surface area contributed by atoms with Gasteiger partial charge in [0.05, 0.1) is 11.4 Å². The average molecular weight is 837 g/mol. The Morgan fingerprint density at radius 1 is 0.308 bits per heavy atom. The molecule has 9 aromatic rings. The van der Waals surface area contributed by atoms with Crippen molar-refractivity contribution in [2.45, 2.75) is 52.4 Å². The molecule has 0 bridgehead atoms. The summed E-state index contributed by atoms with van der Waals surface area (Å²) in [6.45, 7) is 13.9. The first-order valence-corrected chi connectivity index (χ1v) is 23.1. The third kappa shape index (κ3) is 6.98. The Labute approximate surface area is 385 Å². The summed E-state index contributed by atoms with van der Waals surface area (Å²) in [6.07, 6.45) is 0. The van der Waals surface area contributed by atoms with Gasteiger partial charge in [0.1, 0.15) is 0 Å². The highest BCUT2D eigenvalue weighted by atomic mass is 15.2.